The molecular formula is C12H17NO3S. The number of nitrogens with one attached hydrogen (secondary N) is 1. The molecule has 94 valence electrons. The molecule has 0 atom stereocenters. The average Bonchev–Trinajstić information content (AvgIpc) is 2.29. The minimum Gasteiger partial charge on any atom is -0.383 e. The lowest BCUT2D eigenvalue weighted by Gasteiger charge is -2.01. The van der Waals surface area contributed by atoms with Crippen LogP contribution in [0.4, 0.5) is 0 Å². The summed E-state index contributed by atoms with van der Waals surface area (Å²) in [5.41, 5.74) is 2.00. The lowest BCUT2D eigenvalue weighted by atomic mass is 10.2. The Morgan fingerprint density at radius 3 is 2.53 bits per heavy atom. The van der Waals surface area contributed by atoms with Crippen molar-refractivity contribution in [3.8, 4) is 0 Å². The zero-order valence-corrected chi connectivity index (χ0v) is 10.8. The first-order valence-corrected chi connectivity index (χ1v) is 6.81. The number of hydrogen-bond acceptors (Lipinski definition) is 3. The molecule has 0 amide bonds. The van der Waals surface area contributed by atoms with E-state index in [2.05, 4.69) is 4.72 Å². The van der Waals surface area contributed by atoms with E-state index >= 15 is 0 Å². The minimum absolute atomic E-state index is 0.275. The van der Waals surface area contributed by atoms with Gasteiger partial charge in [0.15, 0.2) is 0 Å². The fraction of sp³-hybridized carbons (Fsp3) is 0.333. The van der Waals surface area contributed by atoms with E-state index in [1.165, 1.54) is 7.11 Å². The van der Waals surface area contributed by atoms with Gasteiger partial charge in [-0.3, -0.25) is 0 Å². The smallest absolute Gasteiger partial charge is 0.233 e. The number of sulfonamides is 1. The number of hydrogen-bond donors (Lipinski definition) is 1. The number of rotatable bonds is 6. The zero-order chi connectivity index (χ0) is 12.7. The van der Waals surface area contributed by atoms with Gasteiger partial charge in [-0.1, -0.05) is 29.8 Å². The first kappa shape index (κ1) is 13.9. The largest absolute Gasteiger partial charge is 0.383 e. The van der Waals surface area contributed by atoms with E-state index < -0.39 is 10.0 Å². The molecule has 0 saturated carbocycles. The van der Waals surface area contributed by atoms with Gasteiger partial charge in [0.25, 0.3) is 0 Å². The minimum atomic E-state index is -3.37. The molecule has 0 aliphatic rings. The van der Waals surface area contributed by atoms with Gasteiger partial charge < -0.3 is 4.74 Å². The monoisotopic (exact) mass is 255 g/mol. The average molecular weight is 255 g/mol. The fourth-order valence-corrected chi connectivity index (χ4v) is 1.98. The number of aryl methyl sites for hydroxylation is 1. The predicted octanol–water partition coefficient (Wildman–Crippen LogP) is 1.53. The van der Waals surface area contributed by atoms with Crippen LogP contribution in [0.2, 0.25) is 0 Å². The first-order chi connectivity index (χ1) is 8.03. The Bertz CT molecular complexity index is 463. The second-order valence-electron chi connectivity index (χ2n) is 3.65. The van der Waals surface area contributed by atoms with Crippen molar-refractivity contribution in [2.75, 3.05) is 20.3 Å². The summed E-state index contributed by atoms with van der Waals surface area (Å²) in [6.45, 7) is 2.62. The summed E-state index contributed by atoms with van der Waals surface area (Å²) in [6.07, 6.45) is 1.56. The van der Waals surface area contributed by atoms with Crippen molar-refractivity contribution >= 4 is 16.1 Å². The van der Waals surface area contributed by atoms with Crippen LogP contribution in [0.1, 0.15) is 11.1 Å². The highest BCUT2D eigenvalue weighted by atomic mass is 32.2. The molecule has 1 rings (SSSR count). The van der Waals surface area contributed by atoms with Gasteiger partial charge in [-0.25, -0.2) is 13.1 Å². The molecule has 1 N–H and O–H groups in total. The Kier molecular flexibility index (Phi) is 5.34. The van der Waals surface area contributed by atoms with Crippen molar-refractivity contribution in [2.45, 2.75) is 6.92 Å². The van der Waals surface area contributed by atoms with Crippen LogP contribution in [0, 0.1) is 6.92 Å². The van der Waals surface area contributed by atoms with Crippen LogP contribution in [0.15, 0.2) is 29.7 Å². The second kappa shape index (κ2) is 6.54. The molecule has 0 aromatic heterocycles. The highest BCUT2D eigenvalue weighted by Gasteiger charge is 2.02. The molecule has 0 bridgehead atoms. The normalized spacial score (nSPS) is 12.1. The lowest BCUT2D eigenvalue weighted by molar-refractivity contribution is 0.204. The van der Waals surface area contributed by atoms with Crippen LogP contribution in [0.3, 0.4) is 0 Å². The Hall–Kier alpha value is -1.17. The highest BCUT2D eigenvalue weighted by molar-refractivity contribution is 7.92. The second-order valence-corrected chi connectivity index (χ2v) is 5.30. The molecule has 17 heavy (non-hydrogen) atoms. The van der Waals surface area contributed by atoms with Crippen molar-refractivity contribution < 1.29 is 13.2 Å². The molecular weight excluding hydrogens is 238 g/mol. The van der Waals surface area contributed by atoms with Gasteiger partial charge in [-0.15, -0.1) is 0 Å². The third-order valence-electron chi connectivity index (χ3n) is 2.13. The number of ether oxygens (including phenoxy) is 1. The molecule has 0 spiro atoms. The molecule has 0 saturated heterocycles. The molecule has 0 unspecified atom stereocenters. The van der Waals surface area contributed by atoms with E-state index in [1.54, 1.807) is 6.08 Å². The summed E-state index contributed by atoms with van der Waals surface area (Å²) in [5, 5.41) is 1.16. The van der Waals surface area contributed by atoms with E-state index in [0.29, 0.717) is 6.61 Å². The maximum absolute atomic E-state index is 11.5. The molecule has 0 radical (unpaired) electrons. The van der Waals surface area contributed by atoms with E-state index in [1.807, 2.05) is 31.2 Å². The summed E-state index contributed by atoms with van der Waals surface area (Å²) < 4.78 is 30.1. The SMILES string of the molecule is COCCNS(=O)(=O)/C=C/c1ccc(C)cc1. The first-order valence-electron chi connectivity index (χ1n) is 5.27. The van der Waals surface area contributed by atoms with Crippen LogP contribution in [0.5, 0.6) is 0 Å². The Labute approximate surface area is 102 Å². The molecule has 4 nitrogen and oxygen atoms in total. The van der Waals surface area contributed by atoms with Gasteiger partial charge in [0, 0.05) is 19.1 Å². The van der Waals surface area contributed by atoms with E-state index in [-0.39, 0.29) is 6.54 Å². The van der Waals surface area contributed by atoms with Gasteiger partial charge in [0.2, 0.25) is 10.0 Å². The third kappa shape index (κ3) is 5.63. The standard InChI is InChI=1S/C12H17NO3S/c1-11-3-5-12(6-4-11)7-10-17(14,15)13-8-9-16-2/h3-7,10,13H,8-9H2,1-2H3/b10-7+. The summed E-state index contributed by atoms with van der Waals surface area (Å²) in [6, 6.07) is 7.61. The van der Waals surface area contributed by atoms with Gasteiger partial charge >= 0.3 is 0 Å². The topological polar surface area (TPSA) is 55.4 Å². The zero-order valence-electron chi connectivity index (χ0n) is 10.0. The fourth-order valence-electron chi connectivity index (χ4n) is 1.18. The molecule has 0 aliphatic heterocycles. The van der Waals surface area contributed by atoms with Crippen LogP contribution in [0.25, 0.3) is 6.08 Å². The van der Waals surface area contributed by atoms with Gasteiger partial charge in [-0.05, 0) is 18.6 Å². The maximum Gasteiger partial charge on any atom is 0.233 e. The third-order valence-corrected chi connectivity index (χ3v) is 3.23. The maximum atomic E-state index is 11.5. The van der Waals surface area contributed by atoms with Crippen molar-refractivity contribution in [1.82, 2.24) is 4.72 Å². The number of methoxy groups -OCH3 is 1. The lowest BCUT2D eigenvalue weighted by Crippen LogP contribution is -2.24. The van der Waals surface area contributed by atoms with Crippen molar-refractivity contribution in [1.29, 1.82) is 0 Å². The van der Waals surface area contributed by atoms with Crippen molar-refractivity contribution in [3.05, 3.63) is 40.8 Å². The van der Waals surface area contributed by atoms with E-state index in [4.69, 9.17) is 4.74 Å². The van der Waals surface area contributed by atoms with Crippen LogP contribution in [-0.2, 0) is 14.8 Å². The number of benzene rings is 1. The Balaban J connectivity index is 2.60. The van der Waals surface area contributed by atoms with Gasteiger partial charge in [0.05, 0.1) is 6.61 Å². The quantitative estimate of drug-likeness (QED) is 0.784. The summed E-state index contributed by atoms with van der Waals surface area (Å²) in [4.78, 5) is 0. The molecule has 1 aromatic rings. The molecule has 0 fully saturated rings. The summed E-state index contributed by atoms with van der Waals surface area (Å²) in [5.74, 6) is 0. The van der Waals surface area contributed by atoms with Gasteiger partial charge in [0.1, 0.15) is 0 Å². The predicted molar refractivity (Wildman–Crippen MR) is 69.0 cm³/mol. The molecule has 0 aliphatic carbocycles. The van der Waals surface area contributed by atoms with Crippen molar-refractivity contribution in [2.24, 2.45) is 0 Å². The van der Waals surface area contributed by atoms with Gasteiger partial charge in [-0.2, -0.15) is 0 Å². The highest BCUT2D eigenvalue weighted by Crippen LogP contribution is 2.05. The van der Waals surface area contributed by atoms with Crippen molar-refractivity contribution in [3.63, 3.8) is 0 Å². The summed E-state index contributed by atoms with van der Waals surface area (Å²) >= 11 is 0. The van der Waals surface area contributed by atoms with E-state index in [0.717, 1.165) is 16.5 Å². The molecule has 1 aromatic carbocycles. The van der Waals surface area contributed by atoms with Crippen LogP contribution >= 0.6 is 0 Å². The van der Waals surface area contributed by atoms with Crippen LogP contribution in [-0.4, -0.2) is 28.7 Å². The Morgan fingerprint density at radius 1 is 1.29 bits per heavy atom. The van der Waals surface area contributed by atoms with E-state index in [9.17, 15) is 8.42 Å². The Morgan fingerprint density at radius 2 is 1.94 bits per heavy atom. The molecule has 5 heteroatoms. The molecule has 0 heterocycles. The van der Waals surface area contributed by atoms with Crippen LogP contribution < -0.4 is 4.72 Å². The summed E-state index contributed by atoms with van der Waals surface area (Å²) in [7, 11) is -1.85.